The number of hydrogen-bond acceptors (Lipinski definition) is 2. The molecular formula is C3H2OS. The second kappa shape index (κ2) is 3.45. The van der Waals surface area contributed by atoms with Gasteiger partial charge in [-0.25, -0.2) is 0 Å². The summed E-state index contributed by atoms with van der Waals surface area (Å²) in [6.07, 6.45) is 1.61. The molecule has 0 fully saturated rings. The Morgan fingerprint density at radius 1 is 1.80 bits per heavy atom. The normalized spacial score (nSPS) is 4.00. The van der Waals surface area contributed by atoms with Crippen LogP contribution in [0.3, 0.4) is 0 Å². The molecule has 0 unspecified atom stereocenters. The third-order valence-corrected chi connectivity index (χ3v) is 0.241. The van der Waals surface area contributed by atoms with Crippen LogP contribution >= 0.6 is 12.2 Å². The highest BCUT2D eigenvalue weighted by molar-refractivity contribution is 7.79. The highest BCUT2D eigenvalue weighted by atomic mass is 32.1. The van der Waals surface area contributed by atoms with Gasteiger partial charge in [-0.3, -0.25) is 0 Å². The van der Waals surface area contributed by atoms with Crippen LogP contribution in [0.2, 0.25) is 0 Å². The molecule has 0 aromatic carbocycles. The van der Waals surface area contributed by atoms with Crippen molar-refractivity contribution in [1.82, 2.24) is 0 Å². The fourth-order valence-electron chi connectivity index (χ4n) is 0.0264. The topological polar surface area (TPSA) is 20.2 Å². The van der Waals surface area contributed by atoms with Crippen LogP contribution in [0.5, 0.6) is 0 Å². The molecule has 26 valence electrons. The Balaban J connectivity index is 3.16. The van der Waals surface area contributed by atoms with E-state index in [1.165, 1.54) is 0 Å². The van der Waals surface area contributed by atoms with Crippen LogP contribution < -0.4 is 0 Å². The van der Waals surface area contributed by atoms with E-state index in [-0.39, 0.29) is 0 Å². The van der Waals surface area contributed by atoms with Gasteiger partial charge < -0.3 is 5.11 Å². The molecule has 0 aliphatic heterocycles. The van der Waals surface area contributed by atoms with Crippen molar-refractivity contribution in [3.8, 4) is 12.0 Å². The van der Waals surface area contributed by atoms with E-state index in [0.717, 1.165) is 5.37 Å². The molecule has 0 saturated heterocycles. The largest absolute Gasteiger partial charge is 0.462 e. The summed E-state index contributed by atoms with van der Waals surface area (Å²) in [6, 6.07) is 0. The first-order chi connectivity index (χ1) is 2.41. The molecule has 5 heavy (non-hydrogen) atoms. The number of hydrogen-bond donors (Lipinski definition) is 1. The number of thiocarbonyl (C=S) groups is 1. The minimum atomic E-state index is 1.15. The maximum Gasteiger partial charge on any atom is 0.113 e. The summed E-state index contributed by atoms with van der Waals surface area (Å²) in [4.78, 5) is 0. The van der Waals surface area contributed by atoms with Crippen LogP contribution in [0.15, 0.2) is 0 Å². The number of aliphatic hydroxyl groups excluding tert-OH is 1. The van der Waals surface area contributed by atoms with Crippen LogP contribution in [0.4, 0.5) is 0 Å². The Hall–Kier alpha value is -0.550. The lowest BCUT2D eigenvalue weighted by Gasteiger charge is -1.46. The molecule has 0 saturated carbocycles. The Morgan fingerprint density at radius 3 is 2.40 bits per heavy atom. The molecule has 0 heterocycles. The predicted molar refractivity (Wildman–Crippen MR) is 23.4 cm³/mol. The summed E-state index contributed by atoms with van der Waals surface area (Å²) in [6.45, 7) is 0. The van der Waals surface area contributed by atoms with Gasteiger partial charge in [0, 0.05) is 0 Å². The van der Waals surface area contributed by atoms with Crippen LogP contribution in [-0.4, -0.2) is 10.5 Å². The standard InChI is InChI=1S/C3H2OS/c4-2-1-3-5/h3-4H. The van der Waals surface area contributed by atoms with Crippen molar-refractivity contribution >= 4 is 17.6 Å². The van der Waals surface area contributed by atoms with Gasteiger partial charge in [-0.05, 0) is 5.92 Å². The van der Waals surface area contributed by atoms with E-state index in [1.54, 1.807) is 6.11 Å². The second-order valence-corrected chi connectivity index (χ2v) is 0.610. The lowest BCUT2D eigenvalue weighted by atomic mass is 10.8. The molecule has 0 aromatic rings. The molecule has 0 aliphatic rings. The highest BCUT2D eigenvalue weighted by Crippen LogP contribution is 1.40. The summed E-state index contributed by atoms with van der Waals surface area (Å²) < 4.78 is 0. The molecule has 0 atom stereocenters. The quantitative estimate of drug-likeness (QED) is 0.338. The van der Waals surface area contributed by atoms with Crippen LogP contribution in [0.25, 0.3) is 0 Å². The van der Waals surface area contributed by atoms with Crippen molar-refractivity contribution < 1.29 is 5.11 Å². The smallest absolute Gasteiger partial charge is 0.113 e. The first kappa shape index (κ1) is 4.45. The van der Waals surface area contributed by atoms with Gasteiger partial charge in [0.25, 0.3) is 0 Å². The van der Waals surface area contributed by atoms with Crippen LogP contribution in [-0.2, 0) is 0 Å². The fraction of sp³-hybridized carbons (Fsp3) is 0. The van der Waals surface area contributed by atoms with Crippen molar-refractivity contribution in [2.75, 3.05) is 0 Å². The van der Waals surface area contributed by atoms with Gasteiger partial charge in [0.05, 0.1) is 5.37 Å². The van der Waals surface area contributed by atoms with E-state index < -0.39 is 0 Å². The van der Waals surface area contributed by atoms with Crippen LogP contribution in [0, 0.1) is 12.0 Å². The highest BCUT2D eigenvalue weighted by Gasteiger charge is 1.41. The number of rotatable bonds is 0. The van der Waals surface area contributed by atoms with Gasteiger partial charge in [0.1, 0.15) is 6.11 Å². The van der Waals surface area contributed by atoms with E-state index in [2.05, 4.69) is 18.1 Å². The van der Waals surface area contributed by atoms with E-state index >= 15 is 0 Å². The van der Waals surface area contributed by atoms with Crippen LogP contribution in [0.1, 0.15) is 0 Å². The second-order valence-electron chi connectivity index (χ2n) is 0.374. The summed E-state index contributed by atoms with van der Waals surface area (Å²) in [5.74, 6) is 2.11. The monoisotopic (exact) mass is 86.0 g/mol. The maximum absolute atomic E-state index is 7.61. The average molecular weight is 86.1 g/mol. The Morgan fingerprint density at radius 2 is 2.40 bits per heavy atom. The van der Waals surface area contributed by atoms with Gasteiger partial charge in [-0.2, -0.15) is 0 Å². The zero-order chi connectivity index (χ0) is 4.12. The molecule has 0 radical (unpaired) electrons. The van der Waals surface area contributed by atoms with Crippen molar-refractivity contribution in [3.63, 3.8) is 0 Å². The molecule has 2 heteroatoms. The van der Waals surface area contributed by atoms with Gasteiger partial charge >= 0.3 is 0 Å². The SMILES string of the molecule is OC#CC=S. The number of aliphatic hydroxyl groups is 1. The third kappa shape index (κ3) is 3.45. The van der Waals surface area contributed by atoms with Crippen molar-refractivity contribution in [3.05, 3.63) is 0 Å². The van der Waals surface area contributed by atoms with Gasteiger partial charge in [-0.1, -0.05) is 12.2 Å². The van der Waals surface area contributed by atoms with Gasteiger partial charge in [0.15, 0.2) is 0 Å². The first-order valence-electron chi connectivity index (χ1n) is 0.998. The van der Waals surface area contributed by atoms with Crippen molar-refractivity contribution in [2.24, 2.45) is 0 Å². The molecule has 0 aromatic heterocycles. The lowest BCUT2D eigenvalue weighted by molar-refractivity contribution is 0.518. The minimum absolute atomic E-state index is 1.15. The van der Waals surface area contributed by atoms with Gasteiger partial charge in [0.2, 0.25) is 0 Å². The maximum atomic E-state index is 7.61. The summed E-state index contributed by atoms with van der Waals surface area (Å²) in [5, 5.41) is 8.76. The third-order valence-electron chi connectivity index (χ3n) is 0.123. The molecule has 0 amide bonds. The van der Waals surface area contributed by atoms with E-state index in [0.29, 0.717) is 0 Å². The lowest BCUT2D eigenvalue weighted by Crippen LogP contribution is -1.50. The molecule has 0 bridgehead atoms. The summed E-state index contributed by atoms with van der Waals surface area (Å²) in [5.41, 5.74) is 0. The van der Waals surface area contributed by atoms with Gasteiger partial charge in [-0.15, -0.1) is 0 Å². The Kier molecular flexibility index (Phi) is 3.07. The van der Waals surface area contributed by atoms with E-state index in [4.69, 9.17) is 5.11 Å². The Labute approximate surface area is 35.6 Å². The molecule has 0 aliphatic carbocycles. The summed E-state index contributed by atoms with van der Waals surface area (Å²) in [7, 11) is 0. The molecule has 0 rings (SSSR count). The molecular weight excluding hydrogens is 84.1 g/mol. The zero-order valence-electron chi connectivity index (χ0n) is 2.43. The first-order valence-corrected chi connectivity index (χ1v) is 1.47. The predicted octanol–water partition coefficient (Wildman–Crippen LogP) is 0.319. The zero-order valence-corrected chi connectivity index (χ0v) is 3.25. The molecule has 1 N–H and O–H groups in total. The van der Waals surface area contributed by atoms with E-state index in [1.807, 2.05) is 0 Å². The average Bonchev–Trinajstić information content (AvgIpc) is 1.41. The summed E-state index contributed by atoms with van der Waals surface area (Å²) >= 11 is 4.19. The Bertz CT molecular complexity index is 76.6. The fourth-order valence-corrected chi connectivity index (χ4v) is 0.0791. The molecule has 1 nitrogen and oxygen atoms in total. The van der Waals surface area contributed by atoms with E-state index in [9.17, 15) is 0 Å². The van der Waals surface area contributed by atoms with Crippen molar-refractivity contribution in [2.45, 2.75) is 0 Å². The molecule has 0 spiro atoms. The van der Waals surface area contributed by atoms with Crippen molar-refractivity contribution in [1.29, 1.82) is 0 Å². The minimum Gasteiger partial charge on any atom is -0.462 e.